The molecule has 2 rings (SSSR count). The maximum atomic E-state index is 12.8. The predicted molar refractivity (Wildman–Crippen MR) is 107 cm³/mol. The summed E-state index contributed by atoms with van der Waals surface area (Å²) < 4.78 is 38.4. The fourth-order valence-electron chi connectivity index (χ4n) is 2.70. The van der Waals surface area contributed by atoms with Crippen molar-refractivity contribution in [3.63, 3.8) is 0 Å². The van der Waals surface area contributed by atoms with Gasteiger partial charge in [-0.15, -0.1) is 0 Å². The third-order valence-corrected chi connectivity index (χ3v) is 4.19. The van der Waals surface area contributed by atoms with Gasteiger partial charge in [-0.1, -0.05) is 37.3 Å². The summed E-state index contributed by atoms with van der Waals surface area (Å²) in [5.41, 5.74) is 1.05. The van der Waals surface area contributed by atoms with Crippen LogP contribution in [0.4, 0.5) is 18.9 Å². The lowest BCUT2D eigenvalue weighted by molar-refractivity contribution is -0.137. The highest BCUT2D eigenvalue weighted by Crippen LogP contribution is 2.29. The smallest absolute Gasteiger partial charge is 0.330 e. The summed E-state index contributed by atoms with van der Waals surface area (Å²) >= 11 is 0. The number of amides is 2. The number of hydrogen-bond acceptors (Lipinski definition) is 2. The van der Waals surface area contributed by atoms with Crippen LogP contribution >= 0.6 is 0 Å². The van der Waals surface area contributed by atoms with Crippen LogP contribution in [0.5, 0.6) is 0 Å². The predicted octanol–water partition coefficient (Wildman–Crippen LogP) is 4.90. The summed E-state index contributed by atoms with van der Waals surface area (Å²) in [4.78, 5) is 26.2. The first kappa shape index (κ1) is 22.2. The minimum Gasteiger partial charge on any atom is -0.330 e. The Morgan fingerprint density at radius 1 is 1.10 bits per heavy atom. The van der Waals surface area contributed by atoms with Crippen molar-refractivity contribution in [1.82, 2.24) is 4.90 Å². The molecule has 0 aliphatic carbocycles. The van der Waals surface area contributed by atoms with E-state index >= 15 is 0 Å². The molecule has 2 amide bonds. The van der Waals surface area contributed by atoms with Crippen molar-refractivity contribution in [1.29, 1.82) is 0 Å². The van der Waals surface area contributed by atoms with E-state index in [4.69, 9.17) is 0 Å². The largest absolute Gasteiger partial charge is 0.416 e. The third-order valence-electron chi connectivity index (χ3n) is 4.19. The van der Waals surface area contributed by atoms with Crippen LogP contribution in [0.25, 0.3) is 6.08 Å². The molecule has 0 fully saturated rings. The lowest BCUT2D eigenvalue weighted by atomic mass is 10.1. The van der Waals surface area contributed by atoms with Crippen LogP contribution in [-0.2, 0) is 15.8 Å². The molecule has 2 aromatic rings. The maximum absolute atomic E-state index is 12.8. The van der Waals surface area contributed by atoms with Crippen LogP contribution in [0.1, 0.15) is 30.0 Å². The van der Waals surface area contributed by atoms with Crippen molar-refractivity contribution in [2.45, 2.75) is 26.4 Å². The summed E-state index contributed by atoms with van der Waals surface area (Å²) in [6.07, 6.45) is -1.30. The summed E-state index contributed by atoms with van der Waals surface area (Å²) in [6.45, 7) is 3.94. The lowest BCUT2D eigenvalue weighted by Crippen LogP contribution is -2.37. The van der Waals surface area contributed by atoms with Gasteiger partial charge in [0.2, 0.25) is 11.8 Å². The van der Waals surface area contributed by atoms with Crippen LogP contribution in [0.15, 0.2) is 54.6 Å². The molecule has 4 nitrogen and oxygen atoms in total. The van der Waals surface area contributed by atoms with Gasteiger partial charge in [0, 0.05) is 18.3 Å². The number of rotatable bonds is 7. The molecule has 29 heavy (non-hydrogen) atoms. The van der Waals surface area contributed by atoms with Crippen LogP contribution < -0.4 is 5.32 Å². The Hall–Kier alpha value is -3.09. The molecule has 0 atom stereocenters. The summed E-state index contributed by atoms with van der Waals surface area (Å²) in [5, 5.41) is 2.77. The number of nitrogens with zero attached hydrogens (tertiary/aromatic N) is 1. The fourth-order valence-corrected chi connectivity index (χ4v) is 2.70. The summed E-state index contributed by atoms with van der Waals surface area (Å²) in [7, 11) is 0. The molecule has 1 N–H and O–H groups in total. The standard InChI is InChI=1S/C22H23F3N2O2/c1-3-13-27(15-20(28)26-19-10-5-4-7-16(19)2)21(29)12-11-17-8-6-9-18(14-17)22(23,24)25/h4-12,14H,3,13,15H2,1-2H3,(H,26,28)/b12-11+. The van der Waals surface area contributed by atoms with E-state index < -0.39 is 17.6 Å². The summed E-state index contributed by atoms with van der Waals surface area (Å²) in [6, 6.07) is 12.0. The zero-order chi connectivity index (χ0) is 21.4. The number of benzene rings is 2. The number of hydrogen-bond donors (Lipinski definition) is 1. The van der Waals surface area contributed by atoms with Gasteiger partial charge in [0.15, 0.2) is 0 Å². The van der Waals surface area contributed by atoms with E-state index in [9.17, 15) is 22.8 Å². The van der Waals surface area contributed by atoms with Gasteiger partial charge < -0.3 is 10.2 Å². The van der Waals surface area contributed by atoms with E-state index in [1.807, 2.05) is 26.0 Å². The van der Waals surface area contributed by atoms with Crippen LogP contribution in [0, 0.1) is 6.92 Å². The first-order valence-electron chi connectivity index (χ1n) is 9.20. The van der Waals surface area contributed by atoms with Gasteiger partial charge >= 0.3 is 6.18 Å². The molecule has 0 radical (unpaired) electrons. The van der Waals surface area contributed by atoms with Gasteiger partial charge in [-0.05, 0) is 48.7 Å². The highest BCUT2D eigenvalue weighted by molar-refractivity contribution is 5.98. The lowest BCUT2D eigenvalue weighted by Gasteiger charge is -2.20. The number of anilines is 1. The summed E-state index contributed by atoms with van der Waals surface area (Å²) in [5.74, 6) is -0.780. The quantitative estimate of drug-likeness (QED) is 0.667. The number of alkyl halides is 3. The molecule has 0 aromatic heterocycles. The normalized spacial score (nSPS) is 11.5. The van der Waals surface area contributed by atoms with Crippen molar-refractivity contribution >= 4 is 23.6 Å². The number of carbonyl (C=O) groups excluding carboxylic acids is 2. The zero-order valence-corrected chi connectivity index (χ0v) is 16.3. The van der Waals surface area contributed by atoms with E-state index in [0.29, 0.717) is 18.7 Å². The third kappa shape index (κ3) is 6.78. The molecule has 0 aliphatic heterocycles. The molecule has 154 valence electrons. The molecule has 0 unspecified atom stereocenters. The Morgan fingerprint density at radius 2 is 1.83 bits per heavy atom. The Bertz CT molecular complexity index is 892. The Balaban J connectivity index is 2.06. The van der Waals surface area contributed by atoms with Crippen molar-refractivity contribution in [2.24, 2.45) is 0 Å². The Labute approximate surface area is 168 Å². The van der Waals surface area contributed by atoms with Crippen molar-refractivity contribution < 1.29 is 22.8 Å². The zero-order valence-electron chi connectivity index (χ0n) is 16.3. The van der Waals surface area contributed by atoms with E-state index in [-0.39, 0.29) is 18.0 Å². The van der Waals surface area contributed by atoms with Gasteiger partial charge in [-0.3, -0.25) is 9.59 Å². The molecule has 0 heterocycles. The molecular weight excluding hydrogens is 381 g/mol. The van der Waals surface area contributed by atoms with E-state index in [2.05, 4.69) is 5.32 Å². The van der Waals surface area contributed by atoms with Gasteiger partial charge in [0.1, 0.15) is 6.54 Å². The molecule has 0 saturated carbocycles. The molecule has 0 saturated heterocycles. The average Bonchev–Trinajstić information content (AvgIpc) is 2.67. The topological polar surface area (TPSA) is 49.4 Å². The van der Waals surface area contributed by atoms with Gasteiger partial charge in [-0.25, -0.2) is 0 Å². The molecule has 7 heteroatoms. The monoisotopic (exact) mass is 404 g/mol. The van der Waals surface area contributed by atoms with Crippen molar-refractivity contribution in [3.05, 3.63) is 71.3 Å². The minimum absolute atomic E-state index is 0.145. The first-order chi connectivity index (χ1) is 13.7. The van der Waals surface area contributed by atoms with Gasteiger partial charge in [0.25, 0.3) is 0 Å². The second-order valence-electron chi connectivity index (χ2n) is 6.58. The molecule has 0 bridgehead atoms. The maximum Gasteiger partial charge on any atom is 0.416 e. The Morgan fingerprint density at radius 3 is 2.48 bits per heavy atom. The van der Waals surface area contributed by atoms with E-state index in [1.165, 1.54) is 29.2 Å². The highest BCUT2D eigenvalue weighted by Gasteiger charge is 2.30. The minimum atomic E-state index is -4.45. The van der Waals surface area contributed by atoms with Gasteiger partial charge in [0.05, 0.1) is 5.56 Å². The van der Waals surface area contributed by atoms with Crippen molar-refractivity contribution in [2.75, 3.05) is 18.4 Å². The molecule has 0 aliphatic rings. The molecule has 0 spiro atoms. The fraction of sp³-hybridized carbons (Fsp3) is 0.273. The molecular formula is C22H23F3N2O2. The second kappa shape index (κ2) is 9.91. The van der Waals surface area contributed by atoms with Crippen LogP contribution in [0.2, 0.25) is 0 Å². The van der Waals surface area contributed by atoms with E-state index in [0.717, 1.165) is 17.7 Å². The number of nitrogens with one attached hydrogen (secondary N) is 1. The number of carbonyl (C=O) groups is 2. The molecule has 2 aromatic carbocycles. The van der Waals surface area contributed by atoms with Crippen LogP contribution in [0.3, 0.4) is 0 Å². The SMILES string of the molecule is CCCN(CC(=O)Nc1ccccc1C)C(=O)/C=C/c1cccc(C(F)(F)F)c1. The highest BCUT2D eigenvalue weighted by atomic mass is 19.4. The number of aryl methyl sites for hydroxylation is 1. The van der Waals surface area contributed by atoms with E-state index in [1.54, 1.807) is 12.1 Å². The number of para-hydroxylation sites is 1. The average molecular weight is 404 g/mol. The Kier molecular flexibility index (Phi) is 7.59. The van der Waals surface area contributed by atoms with Crippen LogP contribution in [-0.4, -0.2) is 29.8 Å². The van der Waals surface area contributed by atoms with Crippen molar-refractivity contribution in [3.8, 4) is 0 Å². The number of halogens is 3. The second-order valence-corrected chi connectivity index (χ2v) is 6.58. The first-order valence-corrected chi connectivity index (χ1v) is 9.20. The van der Waals surface area contributed by atoms with Gasteiger partial charge in [-0.2, -0.15) is 13.2 Å².